The Morgan fingerprint density at radius 3 is 2.43 bits per heavy atom. The molecule has 10 heteroatoms. The first kappa shape index (κ1) is 19.6. The third-order valence-corrected chi connectivity index (χ3v) is 3.49. The van der Waals surface area contributed by atoms with Gasteiger partial charge in [0, 0.05) is 11.8 Å². The van der Waals surface area contributed by atoms with Crippen LogP contribution in [0.2, 0.25) is 0 Å². The normalized spacial score (nSPS) is 12.2. The summed E-state index contributed by atoms with van der Waals surface area (Å²) in [5.41, 5.74) is 0.939. The van der Waals surface area contributed by atoms with Gasteiger partial charge in [0.15, 0.2) is 0 Å². The number of carbonyl (C=O) groups excluding carboxylic acids is 1. The van der Waals surface area contributed by atoms with E-state index in [2.05, 4.69) is 19.8 Å². The molecule has 0 aliphatic carbocycles. The number of rotatable bonds is 4. The number of aromatic nitrogens is 4. The molecule has 0 saturated heterocycles. The van der Waals surface area contributed by atoms with Crippen molar-refractivity contribution in [3.8, 4) is 11.4 Å². The van der Waals surface area contributed by atoms with Crippen molar-refractivity contribution in [1.82, 2.24) is 19.9 Å². The van der Waals surface area contributed by atoms with Gasteiger partial charge in [0.05, 0.1) is 18.3 Å². The summed E-state index contributed by atoms with van der Waals surface area (Å²) in [4.78, 5) is 15.4. The van der Waals surface area contributed by atoms with E-state index in [0.717, 1.165) is 5.56 Å². The fraction of sp³-hybridized carbons (Fsp3) is 0.333. The van der Waals surface area contributed by atoms with Gasteiger partial charge in [-0.1, -0.05) is 29.4 Å². The fourth-order valence-corrected chi connectivity index (χ4v) is 2.29. The second kappa shape index (κ2) is 7.10. The standard InChI is InChI=1S/C18H17F3N4O3/c1-17(2,3)27-15(26)13-8-22-25(10-13)9-11-4-6-12(7-5-11)14-23-16(28-24-14)18(19,20)21/h4-8,10H,9H2,1-3H3. The molecule has 0 amide bonds. The number of benzene rings is 1. The predicted molar refractivity (Wildman–Crippen MR) is 91.2 cm³/mol. The van der Waals surface area contributed by atoms with Crippen LogP contribution in [0.3, 0.4) is 0 Å². The van der Waals surface area contributed by atoms with Gasteiger partial charge in [-0.25, -0.2) is 4.79 Å². The second-order valence-electron chi connectivity index (χ2n) is 7.05. The third kappa shape index (κ3) is 4.76. The number of halogens is 3. The van der Waals surface area contributed by atoms with E-state index in [1.54, 1.807) is 55.9 Å². The second-order valence-corrected chi connectivity index (χ2v) is 7.05. The summed E-state index contributed by atoms with van der Waals surface area (Å²) in [5, 5.41) is 7.47. The van der Waals surface area contributed by atoms with Crippen molar-refractivity contribution in [3.63, 3.8) is 0 Å². The molecule has 3 rings (SSSR count). The monoisotopic (exact) mass is 394 g/mol. The highest BCUT2D eigenvalue weighted by Crippen LogP contribution is 2.29. The van der Waals surface area contributed by atoms with Crippen LogP contribution >= 0.6 is 0 Å². The van der Waals surface area contributed by atoms with E-state index in [1.807, 2.05) is 0 Å². The van der Waals surface area contributed by atoms with Crippen LogP contribution in [0.5, 0.6) is 0 Å². The summed E-state index contributed by atoms with van der Waals surface area (Å²) in [6.07, 6.45) is -1.70. The molecule has 28 heavy (non-hydrogen) atoms. The minimum absolute atomic E-state index is 0.148. The summed E-state index contributed by atoms with van der Waals surface area (Å²) in [6.45, 7) is 5.69. The highest BCUT2D eigenvalue weighted by molar-refractivity contribution is 5.89. The highest BCUT2D eigenvalue weighted by atomic mass is 19.4. The first-order chi connectivity index (χ1) is 13.0. The lowest BCUT2D eigenvalue weighted by Gasteiger charge is -2.18. The van der Waals surface area contributed by atoms with Crippen molar-refractivity contribution in [3.05, 3.63) is 53.7 Å². The molecule has 1 aromatic carbocycles. The topological polar surface area (TPSA) is 83.0 Å². The van der Waals surface area contributed by atoms with Gasteiger partial charge in [-0.15, -0.1) is 0 Å². The molecule has 0 radical (unpaired) electrons. The third-order valence-electron chi connectivity index (χ3n) is 3.49. The van der Waals surface area contributed by atoms with Gasteiger partial charge in [0.2, 0.25) is 5.82 Å². The van der Waals surface area contributed by atoms with Crippen LogP contribution in [-0.4, -0.2) is 31.5 Å². The van der Waals surface area contributed by atoms with E-state index >= 15 is 0 Å². The van der Waals surface area contributed by atoms with Crippen molar-refractivity contribution in [1.29, 1.82) is 0 Å². The first-order valence-electron chi connectivity index (χ1n) is 8.27. The van der Waals surface area contributed by atoms with Gasteiger partial charge >= 0.3 is 18.0 Å². The molecule has 3 aromatic rings. The first-order valence-corrected chi connectivity index (χ1v) is 8.27. The van der Waals surface area contributed by atoms with E-state index in [-0.39, 0.29) is 5.82 Å². The molecular formula is C18H17F3N4O3. The van der Waals surface area contributed by atoms with Crippen LogP contribution in [-0.2, 0) is 17.5 Å². The maximum absolute atomic E-state index is 12.5. The van der Waals surface area contributed by atoms with E-state index in [4.69, 9.17) is 4.74 Å². The molecule has 0 saturated carbocycles. The molecule has 0 bridgehead atoms. The van der Waals surface area contributed by atoms with E-state index < -0.39 is 23.6 Å². The van der Waals surface area contributed by atoms with Gasteiger partial charge in [-0.3, -0.25) is 4.68 Å². The number of esters is 1. The van der Waals surface area contributed by atoms with Gasteiger partial charge in [0.1, 0.15) is 5.60 Å². The predicted octanol–water partition coefficient (Wildman–Crippen LogP) is 3.96. The minimum Gasteiger partial charge on any atom is -0.456 e. The Labute approximate surface area is 158 Å². The number of hydrogen-bond acceptors (Lipinski definition) is 6. The number of ether oxygens (including phenoxy) is 1. The molecule has 0 unspecified atom stereocenters. The largest absolute Gasteiger partial charge is 0.471 e. The molecule has 0 N–H and O–H groups in total. The zero-order valence-corrected chi connectivity index (χ0v) is 15.3. The molecule has 148 valence electrons. The summed E-state index contributed by atoms with van der Waals surface area (Å²) in [6, 6.07) is 6.57. The number of nitrogens with zero attached hydrogens (tertiary/aromatic N) is 4. The minimum atomic E-state index is -4.68. The van der Waals surface area contributed by atoms with Crippen molar-refractivity contribution < 1.29 is 27.2 Å². The van der Waals surface area contributed by atoms with Crippen LogP contribution in [0.4, 0.5) is 13.2 Å². The molecule has 0 fully saturated rings. The summed E-state index contributed by atoms with van der Waals surface area (Å²) in [5.74, 6) is -2.00. The Kier molecular flexibility index (Phi) is 4.97. The van der Waals surface area contributed by atoms with Crippen molar-refractivity contribution >= 4 is 5.97 Å². The number of hydrogen-bond donors (Lipinski definition) is 0. The summed E-state index contributed by atoms with van der Waals surface area (Å²) in [7, 11) is 0. The average Bonchev–Trinajstić information content (AvgIpc) is 3.23. The summed E-state index contributed by atoms with van der Waals surface area (Å²) < 4.78 is 48.7. The van der Waals surface area contributed by atoms with Gasteiger partial charge in [0.25, 0.3) is 0 Å². The maximum atomic E-state index is 12.5. The van der Waals surface area contributed by atoms with Crippen LogP contribution in [0.15, 0.2) is 41.2 Å². The van der Waals surface area contributed by atoms with Gasteiger partial charge in [-0.2, -0.15) is 23.3 Å². The molecular weight excluding hydrogens is 377 g/mol. The van der Waals surface area contributed by atoms with Crippen LogP contribution in [0, 0.1) is 0 Å². The Morgan fingerprint density at radius 2 is 1.86 bits per heavy atom. The molecule has 2 aromatic heterocycles. The van der Waals surface area contributed by atoms with E-state index in [9.17, 15) is 18.0 Å². The molecule has 2 heterocycles. The van der Waals surface area contributed by atoms with E-state index in [1.165, 1.54) is 6.20 Å². The smallest absolute Gasteiger partial charge is 0.456 e. The van der Waals surface area contributed by atoms with Crippen molar-refractivity contribution in [2.24, 2.45) is 0 Å². The Morgan fingerprint density at radius 1 is 1.18 bits per heavy atom. The fourth-order valence-electron chi connectivity index (χ4n) is 2.29. The lowest BCUT2D eigenvalue weighted by Crippen LogP contribution is -2.23. The lowest BCUT2D eigenvalue weighted by molar-refractivity contribution is -0.159. The average molecular weight is 394 g/mol. The van der Waals surface area contributed by atoms with Crippen molar-refractivity contribution in [2.45, 2.75) is 39.1 Å². The summed E-state index contributed by atoms with van der Waals surface area (Å²) >= 11 is 0. The zero-order valence-electron chi connectivity index (χ0n) is 15.3. The Balaban J connectivity index is 1.68. The van der Waals surface area contributed by atoms with E-state index in [0.29, 0.717) is 17.7 Å². The Hall–Kier alpha value is -3.17. The molecule has 0 aliphatic heterocycles. The zero-order chi connectivity index (χ0) is 20.5. The SMILES string of the molecule is CC(C)(C)OC(=O)c1cnn(Cc2ccc(-c3noc(C(F)(F)F)n3)cc2)c1. The molecule has 0 spiro atoms. The lowest BCUT2D eigenvalue weighted by atomic mass is 10.1. The Bertz CT molecular complexity index is 969. The molecule has 0 atom stereocenters. The number of alkyl halides is 3. The number of carbonyl (C=O) groups is 1. The molecule has 0 aliphatic rings. The van der Waals surface area contributed by atoms with Crippen LogP contribution in [0.1, 0.15) is 42.6 Å². The molecule has 7 nitrogen and oxygen atoms in total. The van der Waals surface area contributed by atoms with Gasteiger partial charge < -0.3 is 9.26 Å². The van der Waals surface area contributed by atoms with Crippen LogP contribution in [0.25, 0.3) is 11.4 Å². The highest BCUT2D eigenvalue weighted by Gasteiger charge is 2.38. The van der Waals surface area contributed by atoms with Crippen molar-refractivity contribution in [2.75, 3.05) is 0 Å². The van der Waals surface area contributed by atoms with Gasteiger partial charge in [-0.05, 0) is 26.3 Å². The quantitative estimate of drug-likeness (QED) is 0.623. The van der Waals surface area contributed by atoms with Crippen LogP contribution < -0.4 is 0 Å². The maximum Gasteiger partial charge on any atom is 0.471 e.